The highest BCUT2D eigenvalue weighted by atomic mass is 32.2. The lowest BCUT2D eigenvalue weighted by molar-refractivity contribution is 0.427. The van der Waals surface area contributed by atoms with Crippen LogP contribution in [0.1, 0.15) is 18.4 Å². The van der Waals surface area contributed by atoms with Gasteiger partial charge in [0.1, 0.15) is 0 Å². The molecule has 5 nitrogen and oxygen atoms in total. The number of nitrogens with zero attached hydrogens (tertiary/aromatic N) is 2. The first-order valence-corrected chi connectivity index (χ1v) is 8.22. The average molecular weight is 291 g/mol. The van der Waals surface area contributed by atoms with E-state index in [1.807, 2.05) is 6.07 Å². The van der Waals surface area contributed by atoms with Crippen LogP contribution in [0.2, 0.25) is 0 Å². The van der Waals surface area contributed by atoms with Crippen molar-refractivity contribution in [3.05, 3.63) is 29.8 Å². The zero-order valence-corrected chi connectivity index (χ0v) is 11.9. The van der Waals surface area contributed by atoms with Crippen LogP contribution in [0.15, 0.2) is 29.2 Å². The molecule has 0 amide bonds. The van der Waals surface area contributed by atoms with Crippen LogP contribution in [-0.2, 0) is 10.0 Å². The van der Waals surface area contributed by atoms with E-state index in [9.17, 15) is 8.42 Å². The predicted octanol–water partition coefficient (Wildman–Crippen LogP) is 0.916. The molecule has 20 heavy (non-hydrogen) atoms. The van der Waals surface area contributed by atoms with Gasteiger partial charge in [-0.1, -0.05) is 6.07 Å². The van der Waals surface area contributed by atoms with Crippen molar-refractivity contribution < 1.29 is 8.42 Å². The van der Waals surface area contributed by atoms with Crippen molar-refractivity contribution in [2.75, 3.05) is 13.1 Å². The molecular formula is C14H17N3O2S. The van der Waals surface area contributed by atoms with E-state index in [4.69, 9.17) is 11.0 Å². The van der Waals surface area contributed by atoms with E-state index in [1.165, 1.54) is 10.4 Å². The minimum absolute atomic E-state index is 0.116. The molecule has 1 heterocycles. The van der Waals surface area contributed by atoms with E-state index in [0.29, 0.717) is 24.6 Å². The third kappa shape index (κ3) is 2.12. The molecule has 1 aromatic carbocycles. The largest absolute Gasteiger partial charge is 0.327 e. The Balaban J connectivity index is 1.88. The van der Waals surface area contributed by atoms with Gasteiger partial charge in [-0.25, -0.2) is 8.42 Å². The van der Waals surface area contributed by atoms with Crippen molar-refractivity contribution in [2.24, 2.45) is 17.6 Å². The Morgan fingerprint density at radius 3 is 2.80 bits per heavy atom. The first kappa shape index (κ1) is 13.6. The normalized spacial score (nSPS) is 30.1. The Kier molecular flexibility index (Phi) is 3.28. The lowest BCUT2D eigenvalue weighted by Gasteiger charge is -2.18. The zero-order chi connectivity index (χ0) is 14.3. The fourth-order valence-corrected chi connectivity index (χ4v) is 4.92. The van der Waals surface area contributed by atoms with E-state index in [2.05, 4.69) is 0 Å². The highest BCUT2D eigenvalue weighted by Gasteiger charge is 2.45. The number of rotatable bonds is 2. The fourth-order valence-electron chi connectivity index (χ4n) is 3.34. The maximum atomic E-state index is 12.6. The Labute approximate surface area is 119 Å². The molecule has 2 N–H and O–H groups in total. The lowest BCUT2D eigenvalue weighted by atomic mass is 9.98. The van der Waals surface area contributed by atoms with Crippen molar-refractivity contribution in [3.8, 4) is 6.07 Å². The quantitative estimate of drug-likeness (QED) is 0.877. The molecule has 1 aliphatic carbocycles. The Bertz CT molecular complexity index is 665. The molecule has 106 valence electrons. The minimum Gasteiger partial charge on any atom is -0.327 e. The van der Waals surface area contributed by atoms with Crippen molar-refractivity contribution in [3.63, 3.8) is 0 Å². The molecule has 1 saturated carbocycles. The summed E-state index contributed by atoms with van der Waals surface area (Å²) in [5.74, 6) is 0.669. The topological polar surface area (TPSA) is 87.2 Å². The Morgan fingerprint density at radius 2 is 2.10 bits per heavy atom. The van der Waals surface area contributed by atoms with Gasteiger partial charge in [0, 0.05) is 19.1 Å². The monoisotopic (exact) mass is 291 g/mol. The SMILES string of the molecule is N#Cc1cccc(S(=O)(=O)N2CC3CCC(N)C3C2)c1. The first-order chi connectivity index (χ1) is 9.52. The average Bonchev–Trinajstić information content (AvgIpc) is 3.02. The number of nitrogens with two attached hydrogens (primary N) is 1. The van der Waals surface area contributed by atoms with Crippen molar-refractivity contribution >= 4 is 10.0 Å². The second-order valence-electron chi connectivity index (χ2n) is 5.63. The molecule has 0 aromatic heterocycles. The van der Waals surface area contributed by atoms with Crippen LogP contribution in [0.4, 0.5) is 0 Å². The molecule has 1 aliphatic heterocycles. The van der Waals surface area contributed by atoms with Gasteiger partial charge in [0.05, 0.1) is 16.5 Å². The van der Waals surface area contributed by atoms with E-state index >= 15 is 0 Å². The van der Waals surface area contributed by atoms with Crippen molar-refractivity contribution in [1.82, 2.24) is 4.31 Å². The third-order valence-electron chi connectivity index (χ3n) is 4.48. The molecule has 0 spiro atoms. The Morgan fingerprint density at radius 1 is 1.30 bits per heavy atom. The molecule has 0 radical (unpaired) electrons. The number of fused-ring (bicyclic) bond motifs is 1. The van der Waals surface area contributed by atoms with Gasteiger partial charge in [0.25, 0.3) is 0 Å². The summed E-state index contributed by atoms with van der Waals surface area (Å²) < 4.78 is 26.8. The van der Waals surface area contributed by atoms with Crippen LogP contribution in [0, 0.1) is 23.2 Å². The minimum atomic E-state index is -3.51. The van der Waals surface area contributed by atoms with Gasteiger partial charge >= 0.3 is 0 Å². The van der Waals surface area contributed by atoms with Crippen LogP contribution in [0.5, 0.6) is 0 Å². The van der Waals surface area contributed by atoms with Gasteiger partial charge in [0.15, 0.2) is 0 Å². The van der Waals surface area contributed by atoms with E-state index in [1.54, 1.807) is 18.2 Å². The number of benzene rings is 1. The number of nitriles is 1. The number of hydrogen-bond acceptors (Lipinski definition) is 4. The highest BCUT2D eigenvalue weighted by molar-refractivity contribution is 7.89. The summed E-state index contributed by atoms with van der Waals surface area (Å²) in [6.07, 6.45) is 2.00. The summed E-state index contributed by atoms with van der Waals surface area (Å²) in [5.41, 5.74) is 6.41. The van der Waals surface area contributed by atoms with Crippen LogP contribution in [0.25, 0.3) is 0 Å². The smallest absolute Gasteiger partial charge is 0.243 e. The van der Waals surface area contributed by atoms with Gasteiger partial charge < -0.3 is 5.73 Å². The molecule has 2 aliphatic rings. The molecule has 0 bridgehead atoms. The Hall–Kier alpha value is -1.42. The maximum Gasteiger partial charge on any atom is 0.243 e. The molecular weight excluding hydrogens is 274 g/mol. The van der Waals surface area contributed by atoms with Gasteiger partial charge in [-0.3, -0.25) is 0 Å². The first-order valence-electron chi connectivity index (χ1n) is 6.78. The number of sulfonamides is 1. The lowest BCUT2D eigenvalue weighted by Crippen LogP contribution is -2.33. The standard InChI is InChI=1S/C14H17N3O2S/c15-7-10-2-1-3-12(6-10)20(18,19)17-8-11-4-5-14(16)13(11)9-17/h1-3,6,11,13-14H,4-5,8-9,16H2. The summed E-state index contributed by atoms with van der Waals surface area (Å²) in [6, 6.07) is 8.28. The summed E-state index contributed by atoms with van der Waals surface area (Å²) in [5, 5.41) is 8.88. The molecule has 1 aromatic rings. The van der Waals surface area contributed by atoms with Crippen molar-refractivity contribution in [1.29, 1.82) is 5.26 Å². The number of hydrogen-bond donors (Lipinski definition) is 1. The molecule has 1 saturated heterocycles. The van der Waals surface area contributed by atoms with Gasteiger partial charge in [0.2, 0.25) is 10.0 Å². The van der Waals surface area contributed by atoms with Gasteiger partial charge in [-0.05, 0) is 42.9 Å². The van der Waals surface area contributed by atoms with E-state index < -0.39 is 10.0 Å². The highest BCUT2D eigenvalue weighted by Crippen LogP contribution is 2.39. The third-order valence-corrected chi connectivity index (χ3v) is 6.31. The molecule has 2 fully saturated rings. The maximum absolute atomic E-state index is 12.6. The summed E-state index contributed by atoms with van der Waals surface area (Å²) in [4.78, 5) is 0.199. The summed E-state index contributed by atoms with van der Waals surface area (Å²) in [6.45, 7) is 1.06. The van der Waals surface area contributed by atoms with Crippen LogP contribution < -0.4 is 5.73 Å². The molecule has 6 heteroatoms. The zero-order valence-electron chi connectivity index (χ0n) is 11.1. The second kappa shape index (κ2) is 4.85. The van der Waals surface area contributed by atoms with E-state index in [0.717, 1.165) is 12.8 Å². The van der Waals surface area contributed by atoms with Crippen LogP contribution >= 0.6 is 0 Å². The predicted molar refractivity (Wildman–Crippen MR) is 74.1 cm³/mol. The molecule has 3 atom stereocenters. The van der Waals surface area contributed by atoms with Gasteiger partial charge in [-0.15, -0.1) is 0 Å². The summed E-state index contributed by atoms with van der Waals surface area (Å²) in [7, 11) is -3.51. The molecule has 3 rings (SSSR count). The fraction of sp³-hybridized carbons (Fsp3) is 0.500. The van der Waals surface area contributed by atoms with Crippen LogP contribution in [-0.4, -0.2) is 31.9 Å². The van der Waals surface area contributed by atoms with Crippen molar-refractivity contribution in [2.45, 2.75) is 23.8 Å². The van der Waals surface area contributed by atoms with E-state index in [-0.39, 0.29) is 16.9 Å². The van der Waals surface area contributed by atoms with Gasteiger partial charge in [-0.2, -0.15) is 9.57 Å². The molecule has 3 unspecified atom stereocenters. The van der Waals surface area contributed by atoms with Crippen LogP contribution in [0.3, 0.4) is 0 Å². The summed E-state index contributed by atoms with van der Waals surface area (Å²) >= 11 is 0. The second-order valence-corrected chi connectivity index (χ2v) is 7.56.